The Morgan fingerprint density at radius 2 is 0.640 bits per heavy atom. The zero-order chi connectivity index (χ0) is 67.4. The van der Waals surface area contributed by atoms with Crippen molar-refractivity contribution in [3.05, 3.63) is 404 Å². The second-order valence-corrected chi connectivity index (χ2v) is 27.5. The van der Waals surface area contributed by atoms with Crippen LogP contribution < -0.4 is 19.3 Å². The van der Waals surface area contributed by atoms with Crippen LogP contribution in [0, 0.1) is 39.3 Å². The van der Waals surface area contributed by atoms with Gasteiger partial charge < -0.3 is 19.3 Å². The molecular weight excluding hydrogens is 1230 g/mol. The number of halogens is 2. The summed E-state index contributed by atoms with van der Waals surface area (Å²) in [6, 6.07) is 105. The molecule has 0 saturated heterocycles. The average Bonchev–Trinajstić information content (AvgIpc) is 1.53. The van der Waals surface area contributed by atoms with Crippen molar-refractivity contribution in [3.63, 3.8) is 0 Å². The van der Waals surface area contributed by atoms with Gasteiger partial charge in [-0.1, -0.05) is 193 Å². The van der Waals surface area contributed by atoms with Crippen LogP contribution in [0.5, 0.6) is 23.0 Å². The van der Waals surface area contributed by atoms with Gasteiger partial charge in [-0.3, -0.25) is 0 Å². The van der Waals surface area contributed by atoms with E-state index in [1.807, 2.05) is 34.1 Å². The zero-order valence-corrected chi connectivity index (χ0v) is 56.2. The number of fused-ring (bicyclic) bond motifs is 8. The van der Waals surface area contributed by atoms with Gasteiger partial charge in [0.15, 0.2) is 0 Å². The second kappa shape index (κ2) is 24.0. The molecule has 0 bridgehead atoms. The van der Waals surface area contributed by atoms with E-state index in [-0.39, 0.29) is 11.6 Å². The molecule has 4 aliphatic rings. The predicted molar refractivity (Wildman–Crippen MR) is 403 cm³/mol. The molecule has 0 radical (unpaired) electrons. The normalized spacial score (nSPS) is 15.6. The third-order valence-electron chi connectivity index (χ3n) is 21.7. The van der Waals surface area contributed by atoms with Gasteiger partial charge in [0, 0.05) is 22.7 Å². The zero-order valence-electron chi connectivity index (χ0n) is 56.2. The molecule has 482 valence electrons. The van der Waals surface area contributed by atoms with Gasteiger partial charge in [0.25, 0.3) is 0 Å². The molecule has 0 aliphatic heterocycles. The van der Waals surface area contributed by atoms with Crippen LogP contribution in [0.25, 0.3) is 33.4 Å². The van der Waals surface area contributed by atoms with Gasteiger partial charge in [-0.2, -0.15) is 0 Å². The lowest BCUT2D eigenvalue weighted by Crippen LogP contribution is -2.30. The molecule has 0 aromatic heterocycles. The SMILES string of the molecule is Cc1ccc(C)c(C2(c3ccc(Oc4ccc5c(c4)CC5)cc3)c3ccccc3-c3ccc(N(c4ccc(-c5ccc(N(c6ccc7c(c6)C(c6ccc(Oc8ccc9c(c8)CC9)cc6)(c6cc(C)ccc6C)c6ccccc6-7)c6ccccc6F)cc5)cc4)c4ccccc4F)cc32)c1. The van der Waals surface area contributed by atoms with E-state index in [1.54, 1.807) is 12.1 Å². The van der Waals surface area contributed by atoms with Crippen LogP contribution in [0.15, 0.2) is 303 Å². The van der Waals surface area contributed by atoms with E-state index in [0.29, 0.717) is 11.4 Å². The molecule has 14 aromatic rings. The summed E-state index contributed by atoms with van der Waals surface area (Å²) in [4.78, 5) is 4.08. The number of nitrogens with zero attached hydrogens (tertiary/aromatic N) is 2. The number of ether oxygens (including phenoxy) is 2. The molecule has 18 rings (SSSR count). The topological polar surface area (TPSA) is 24.9 Å². The van der Waals surface area contributed by atoms with Crippen molar-refractivity contribution in [1.29, 1.82) is 0 Å². The minimum atomic E-state index is -0.755. The van der Waals surface area contributed by atoms with Crippen LogP contribution in [0.1, 0.15) is 89.0 Å². The monoisotopic (exact) mass is 1300 g/mol. The number of benzene rings is 14. The van der Waals surface area contributed by atoms with E-state index in [9.17, 15) is 0 Å². The van der Waals surface area contributed by atoms with Gasteiger partial charge in [-0.25, -0.2) is 8.78 Å². The first-order valence-corrected chi connectivity index (χ1v) is 34.7. The lowest BCUT2D eigenvalue weighted by atomic mass is 9.66. The van der Waals surface area contributed by atoms with Crippen LogP contribution in [0.3, 0.4) is 0 Å². The number of para-hydroxylation sites is 2. The van der Waals surface area contributed by atoms with E-state index in [2.05, 4.69) is 282 Å². The Bertz CT molecular complexity index is 5240. The fraction of sp³-hybridized carbons (Fsp3) is 0.106. The summed E-state index contributed by atoms with van der Waals surface area (Å²) in [6.45, 7) is 8.74. The number of hydrogen-bond acceptors (Lipinski definition) is 4. The van der Waals surface area contributed by atoms with Gasteiger partial charge in [-0.05, 0) is 286 Å². The summed E-state index contributed by atoms with van der Waals surface area (Å²) < 4.78 is 46.7. The minimum Gasteiger partial charge on any atom is -0.457 e. The second-order valence-electron chi connectivity index (χ2n) is 27.5. The van der Waals surface area contributed by atoms with Crippen LogP contribution in [0.2, 0.25) is 0 Å². The van der Waals surface area contributed by atoms with E-state index in [1.165, 1.54) is 67.8 Å². The highest BCUT2D eigenvalue weighted by Crippen LogP contribution is 2.61. The highest BCUT2D eigenvalue weighted by atomic mass is 19.1. The fourth-order valence-electron chi connectivity index (χ4n) is 16.6. The lowest BCUT2D eigenvalue weighted by Gasteiger charge is -2.36. The first-order valence-electron chi connectivity index (χ1n) is 34.7. The van der Waals surface area contributed by atoms with Gasteiger partial charge in [0.2, 0.25) is 0 Å². The van der Waals surface area contributed by atoms with Gasteiger partial charge in [0.1, 0.15) is 34.6 Å². The van der Waals surface area contributed by atoms with Crippen molar-refractivity contribution in [1.82, 2.24) is 0 Å². The van der Waals surface area contributed by atoms with E-state index in [0.717, 1.165) is 138 Å². The molecule has 0 saturated carbocycles. The molecule has 0 spiro atoms. The summed E-state index contributed by atoms with van der Waals surface area (Å²) in [5.41, 5.74) is 28.4. The maximum absolute atomic E-state index is 16.8. The third-order valence-corrected chi connectivity index (χ3v) is 21.7. The first kappa shape index (κ1) is 60.5. The molecule has 0 heterocycles. The van der Waals surface area contributed by atoms with Crippen molar-refractivity contribution in [3.8, 4) is 56.4 Å². The molecule has 0 N–H and O–H groups in total. The quantitative estimate of drug-likeness (QED) is 0.102. The highest BCUT2D eigenvalue weighted by molar-refractivity contribution is 5.92. The molecule has 100 heavy (non-hydrogen) atoms. The van der Waals surface area contributed by atoms with Crippen molar-refractivity contribution < 1.29 is 18.3 Å². The molecule has 2 unspecified atom stereocenters. The Morgan fingerprint density at radius 3 is 1.03 bits per heavy atom. The molecule has 4 aliphatic carbocycles. The molecular formula is C94H70F2N2O2. The van der Waals surface area contributed by atoms with Crippen LogP contribution >= 0.6 is 0 Å². The Kier molecular flexibility index (Phi) is 14.5. The maximum Gasteiger partial charge on any atom is 0.147 e. The summed E-state index contributed by atoms with van der Waals surface area (Å²) in [5.74, 6) is 2.55. The van der Waals surface area contributed by atoms with Crippen LogP contribution in [-0.4, -0.2) is 0 Å². The van der Waals surface area contributed by atoms with E-state index < -0.39 is 10.8 Å². The number of rotatable bonds is 15. The molecule has 0 fully saturated rings. The summed E-state index contributed by atoms with van der Waals surface area (Å²) >= 11 is 0. The van der Waals surface area contributed by atoms with Gasteiger partial charge in [0.05, 0.1) is 22.2 Å². The standard InChI is InChI=1S/C94H70F2N2O2/c1-59-21-23-61(3)85(53-59)93(69-35-47-75(48-36-69)99-77-45-33-65-25-27-67(65)55-77)83-15-7-5-13-79(83)81-51-43-73(57-87(81)93)97(91-19-11-9-17-89(91)95)71-39-29-63(30-40-71)64-31-41-72(42-32-64)98(92-20-12-10-18-90(92)96)74-44-52-82-80-14-6-8-16-84(80)94(88(82)58-74,86-54-60(2)22-24-62(86)4)70-37-49-76(50-38-70)100-78-46-34-66-26-28-68(66)56-78/h5-24,29-58H,25-28H2,1-4H3. The predicted octanol–water partition coefficient (Wildman–Crippen LogP) is 24.3. The van der Waals surface area contributed by atoms with Crippen molar-refractivity contribution in [2.75, 3.05) is 9.80 Å². The third kappa shape index (κ3) is 9.82. The molecule has 0 amide bonds. The van der Waals surface area contributed by atoms with Crippen LogP contribution in [-0.2, 0) is 36.5 Å². The van der Waals surface area contributed by atoms with E-state index in [4.69, 9.17) is 9.47 Å². The summed E-state index contributed by atoms with van der Waals surface area (Å²) in [5, 5.41) is 0. The summed E-state index contributed by atoms with van der Waals surface area (Å²) in [7, 11) is 0. The Labute approximate surface area is 583 Å². The molecule has 4 nitrogen and oxygen atoms in total. The molecule has 2 atom stereocenters. The highest BCUT2D eigenvalue weighted by Gasteiger charge is 2.49. The number of anilines is 6. The van der Waals surface area contributed by atoms with Crippen molar-refractivity contribution in [2.24, 2.45) is 0 Å². The van der Waals surface area contributed by atoms with Crippen LogP contribution in [0.4, 0.5) is 42.9 Å². The van der Waals surface area contributed by atoms with Gasteiger partial charge in [-0.15, -0.1) is 0 Å². The first-order chi connectivity index (χ1) is 49.0. The van der Waals surface area contributed by atoms with Gasteiger partial charge >= 0.3 is 0 Å². The maximum atomic E-state index is 16.8. The number of aryl methyl sites for hydroxylation is 8. The largest absolute Gasteiger partial charge is 0.457 e. The summed E-state index contributed by atoms with van der Waals surface area (Å²) in [6.07, 6.45) is 4.40. The lowest BCUT2D eigenvalue weighted by molar-refractivity contribution is 0.480. The Morgan fingerprint density at radius 1 is 0.280 bits per heavy atom. The van der Waals surface area contributed by atoms with E-state index >= 15 is 8.78 Å². The molecule has 6 heteroatoms. The molecule has 14 aromatic carbocycles. The Balaban J connectivity index is 0.718. The Hall–Kier alpha value is -11.9. The van der Waals surface area contributed by atoms with Crippen molar-refractivity contribution >= 4 is 34.1 Å². The number of hydrogen-bond donors (Lipinski definition) is 0. The average molecular weight is 1300 g/mol. The van der Waals surface area contributed by atoms with Crippen molar-refractivity contribution in [2.45, 2.75) is 64.2 Å². The minimum absolute atomic E-state index is 0.339. The smallest absolute Gasteiger partial charge is 0.147 e. The fourth-order valence-corrected chi connectivity index (χ4v) is 16.6.